The van der Waals surface area contributed by atoms with Crippen LogP contribution in [0.2, 0.25) is 0 Å². The summed E-state index contributed by atoms with van der Waals surface area (Å²) >= 11 is 0. The van der Waals surface area contributed by atoms with Crippen LogP contribution >= 0.6 is 0 Å². The van der Waals surface area contributed by atoms with Crippen molar-refractivity contribution in [2.24, 2.45) is 0 Å². The molecule has 2 aromatic rings. The predicted octanol–water partition coefficient (Wildman–Crippen LogP) is 0.611. The van der Waals surface area contributed by atoms with Crippen LogP contribution in [0.1, 0.15) is 0 Å². The number of nitrogens with zero attached hydrogens (tertiary/aromatic N) is 2. The lowest BCUT2D eigenvalue weighted by Gasteiger charge is -2.15. The first-order valence-electron chi connectivity index (χ1n) is 6.93. The Labute approximate surface area is 128 Å². The van der Waals surface area contributed by atoms with E-state index in [1.165, 1.54) is 0 Å². The largest absolute Gasteiger partial charge is 0.395 e. The number of anilines is 5. The van der Waals surface area contributed by atoms with Crippen molar-refractivity contribution in [1.82, 2.24) is 9.97 Å². The molecule has 0 radical (unpaired) electrons. The molecule has 0 aliphatic rings. The van der Waals surface area contributed by atoms with E-state index in [9.17, 15) is 0 Å². The molecule has 0 amide bonds. The molecule has 118 valence electrons. The number of nitrogens with two attached hydrogens (primary N) is 1. The molecule has 2 rings (SSSR count). The van der Waals surface area contributed by atoms with Gasteiger partial charge < -0.3 is 31.9 Å². The van der Waals surface area contributed by atoms with Crippen LogP contribution in [0.4, 0.5) is 29.0 Å². The Morgan fingerprint density at radius 2 is 1.55 bits per heavy atom. The van der Waals surface area contributed by atoms with Crippen molar-refractivity contribution < 1.29 is 10.2 Å². The van der Waals surface area contributed by atoms with E-state index in [1.807, 2.05) is 30.3 Å². The molecule has 0 aliphatic heterocycles. The molecule has 7 N–H and O–H groups in total. The number of rotatable bonds is 8. The standard InChI is InChI=1S/C14H20N6O2/c15-11-12(16-6-8-21)19-14(17-7-9-22)20-13(11)18-10-4-2-1-3-5-10/h1-5,21-22H,6-9,15H2,(H3,16,17,18,19,20). The zero-order valence-electron chi connectivity index (χ0n) is 12.1. The Morgan fingerprint density at radius 3 is 2.23 bits per heavy atom. The molecule has 0 saturated carbocycles. The molecule has 0 spiro atoms. The van der Waals surface area contributed by atoms with Gasteiger partial charge in [-0.1, -0.05) is 18.2 Å². The summed E-state index contributed by atoms with van der Waals surface area (Å²) in [6.45, 7) is 0.582. The molecule has 0 bridgehead atoms. The van der Waals surface area contributed by atoms with Crippen molar-refractivity contribution in [3.63, 3.8) is 0 Å². The van der Waals surface area contributed by atoms with E-state index in [1.54, 1.807) is 0 Å². The summed E-state index contributed by atoms with van der Waals surface area (Å²) < 4.78 is 0. The van der Waals surface area contributed by atoms with Gasteiger partial charge in [-0.25, -0.2) is 0 Å². The Kier molecular flexibility index (Phi) is 5.75. The average molecular weight is 304 g/mol. The molecule has 0 atom stereocenters. The minimum Gasteiger partial charge on any atom is -0.395 e. The van der Waals surface area contributed by atoms with E-state index < -0.39 is 0 Å². The summed E-state index contributed by atoms with van der Waals surface area (Å²) in [6, 6.07) is 9.49. The van der Waals surface area contributed by atoms with Crippen molar-refractivity contribution in [2.75, 3.05) is 48.0 Å². The highest BCUT2D eigenvalue weighted by molar-refractivity contribution is 5.79. The molecule has 0 fully saturated rings. The second-order valence-corrected chi connectivity index (χ2v) is 4.45. The second-order valence-electron chi connectivity index (χ2n) is 4.45. The maximum Gasteiger partial charge on any atom is 0.226 e. The number of nitrogen functional groups attached to an aromatic ring is 1. The molecule has 0 aliphatic carbocycles. The van der Waals surface area contributed by atoms with Crippen LogP contribution in [0, 0.1) is 0 Å². The monoisotopic (exact) mass is 304 g/mol. The van der Waals surface area contributed by atoms with Gasteiger partial charge in [0.2, 0.25) is 5.95 Å². The number of nitrogens with one attached hydrogen (secondary N) is 3. The smallest absolute Gasteiger partial charge is 0.226 e. The van der Waals surface area contributed by atoms with Crippen LogP contribution in [-0.4, -0.2) is 46.5 Å². The highest BCUT2D eigenvalue weighted by Gasteiger charge is 2.11. The summed E-state index contributed by atoms with van der Waals surface area (Å²) in [7, 11) is 0. The number of aliphatic hydroxyl groups excluding tert-OH is 2. The molecular formula is C14H20N6O2. The third kappa shape index (κ3) is 4.21. The van der Waals surface area contributed by atoms with Crippen LogP contribution in [0.3, 0.4) is 0 Å². The second kappa shape index (κ2) is 8.01. The lowest BCUT2D eigenvalue weighted by Crippen LogP contribution is -2.15. The van der Waals surface area contributed by atoms with Crippen LogP contribution in [0.15, 0.2) is 30.3 Å². The van der Waals surface area contributed by atoms with E-state index in [0.717, 1.165) is 5.69 Å². The van der Waals surface area contributed by atoms with Crippen molar-refractivity contribution in [1.29, 1.82) is 0 Å². The van der Waals surface area contributed by atoms with Gasteiger partial charge in [0.05, 0.1) is 13.2 Å². The van der Waals surface area contributed by atoms with E-state index in [4.69, 9.17) is 15.9 Å². The van der Waals surface area contributed by atoms with Gasteiger partial charge >= 0.3 is 0 Å². The zero-order chi connectivity index (χ0) is 15.8. The van der Waals surface area contributed by atoms with Crippen LogP contribution in [-0.2, 0) is 0 Å². The lowest BCUT2D eigenvalue weighted by molar-refractivity contribution is 0.311. The molecule has 0 unspecified atom stereocenters. The van der Waals surface area contributed by atoms with Crippen LogP contribution < -0.4 is 21.7 Å². The number of hydrogen-bond donors (Lipinski definition) is 6. The third-order valence-corrected chi connectivity index (χ3v) is 2.78. The fraction of sp³-hybridized carbons (Fsp3) is 0.286. The summed E-state index contributed by atoms with van der Waals surface area (Å²) in [4.78, 5) is 8.53. The molecule has 8 nitrogen and oxygen atoms in total. The Bertz CT molecular complexity index is 593. The Balaban J connectivity index is 2.28. The first kappa shape index (κ1) is 15.8. The van der Waals surface area contributed by atoms with Gasteiger partial charge in [-0.05, 0) is 12.1 Å². The predicted molar refractivity (Wildman–Crippen MR) is 87.3 cm³/mol. The topological polar surface area (TPSA) is 128 Å². The van der Waals surface area contributed by atoms with Crippen molar-refractivity contribution in [3.05, 3.63) is 30.3 Å². The van der Waals surface area contributed by atoms with E-state index in [-0.39, 0.29) is 13.2 Å². The fourth-order valence-corrected chi connectivity index (χ4v) is 1.78. The SMILES string of the molecule is Nc1c(NCCO)nc(NCCO)nc1Nc1ccccc1. The summed E-state index contributed by atoms with van der Waals surface area (Å²) in [5.74, 6) is 1.20. The van der Waals surface area contributed by atoms with Gasteiger partial charge in [-0.15, -0.1) is 0 Å². The van der Waals surface area contributed by atoms with Crippen molar-refractivity contribution in [2.45, 2.75) is 0 Å². The summed E-state index contributed by atoms with van der Waals surface area (Å²) in [6.07, 6.45) is 0. The van der Waals surface area contributed by atoms with Gasteiger partial charge in [0, 0.05) is 18.8 Å². The van der Waals surface area contributed by atoms with Gasteiger partial charge in [0.15, 0.2) is 11.6 Å². The minimum absolute atomic E-state index is 0.0331. The number of aromatic nitrogens is 2. The van der Waals surface area contributed by atoms with Crippen molar-refractivity contribution >= 4 is 29.0 Å². The third-order valence-electron chi connectivity index (χ3n) is 2.78. The molecule has 22 heavy (non-hydrogen) atoms. The Morgan fingerprint density at radius 1 is 0.909 bits per heavy atom. The number of hydrogen-bond acceptors (Lipinski definition) is 8. The van der Waals surface area contributed by atoms with Gasteiger partial charge in [-0.3, -0.25) is 0 Å². The molecule has 1 aromatic carbocycles. The fourth-order valence-electron chi connectivity index (χ4n) is 1.78. The Hall–Kier alpha value is -2.58. The first-order valence-corrected chi connectivity index (χ1v) is 6.93. The van der Waals surface area contributed by atoms with Gasteiger partial charge in [-0.2, -0.15) is 9.97 Å². The number of aliphatic hydroxyl groups is 2. The molecule has 1 aromatic heterocycles. The number of para-hydroxylation sites is 1. The van der Waals surface area contributed by atoms with E-state index in [0.29, 0.717) is 36.4 Å². The van der Waals surface area contributed by atoms with Crippen LogP contribution in [0.5, 0.6) is 0 Å². The highest BCUT2D eigenvalue weighted by Crippen LogP contribution is 2.28. The first-order chi connectivity index (χ1) is 10.7. The maximum absolute atomic E-state index is 8.92. The summed E-state index contributed by atoms with van der Waals surface area (Å²) in [5.41, 5.74) is 7.26. The highest BCUT2D eigenvalue weighted by atomic mass is 16.3. The average Bonchev–Trinajstić information content (AvgIpc) is 2.55. The van der Waals surface area contributed by atoms with Gasteiger partial charge in [0.25, 0.3) is 0 Å². The minimum atomic E-state index is -0.0374. The normalized spacial score (nSPS) is 10.3. The summed E-state index contributed by atoms with van der Waals surface area (Å²) in [5, 5.41) is 26.8. The molecule has 1 heterocycles. The molecular weight excluding hydrogens is 284 g/mol. The van der Waals surface area contributed by atoms with Gasteiger partial charge in [0.1, 0.15) is 5.69 Å². The quantitative estimate of drug-likeness (QED) is 0.418. The maximum atomic E-state index is 8.92. The van der Waals surface area contributed by atoms with Crippen molar-refractivity contribution in [3.8, 4) is 0 Å². The number of benzene rings is 1. The zero-order valence-corrected chi connectivity index (χ0v) is 12.1. The molecule has 8 heteroatoms. The van der Waals surface area contributed by atoms with E-state index in [2.05, 4.69) is 25.9 Å². The van der Waals surface area contributed by atoms with Crippen LogP contribution in [0.25, 0.3) is 0 Å². The van der Waals surface area contributed by atoms with E-state index >= 15 is 0 Å². The lowest BCUT2D eigenvalue weighted by atomic mass is 10.3. The molecule has 0 saturated heterocycles.